The van der Waals surface area contributed by atoms with E-state index in [1.807, 2.05) is 23.0 Å². The second-order valence-corrected chi connectivity index (χ2v) is 7.88. The standard InChI is InChI=1S/C20H17BrN4S/c1-14-2-4-15(5-3-14)19-12-22-24-25(19)11-10-18-13-26-20(23-18)16-6-8-17(21)9-7-16/h2-9,12-13H,10-11H2,1H3. The molecule has 130 valence electrons. The summed E-state index contributed by atoms with van der Waals surface area (Å²) in [6, 6.07) is 16.7. The van der Waals surface area contributed by atoms with Crippen LogP contribution in [-0.2, 0) is 13.0 Å². The summed E-state index contributed by atoms with van der Waals surface area (Å²) in [7, 11) is 0. The molecule has 0 aliphatic carbocycles. The molecule has 0 atom stereocenters. The molecule has 26 heavy (non-hydrogen) atoms. The highest BCUT2D eigenvalue weighted by Crippen LogP contribution is 2.26. The highest BCUT2D eigenvalue weighted by atomic mass is 79.9. The average molecular weight is 425 g/mol. The van der Waals surface area contributed by atoms with Crippen LogP contribution in [0.2, 0.25) is 0 Å². The van der Waals surface area contributed by atoms with Crippen LogP contribution in [0.1, 0.15) is 11.3 Å². The van der Waals surface area contributed by atoms with Crippen molar-refractivity contribution in [3.8, 4) is 21.8 Å². The number of benzene rings is 2. The molecule has 4 rings (SSSR count). The lowest BCUT2D eigenvalue weighted by Gasteiger charge is -2.05. The summed E-state index contributed by atoms with van der Waals surface area (Å²) in [6.07, 6.45) is 2.65. The van der Waals surface area contributed by atoms with Crippen LogP contribution in [0.4, 0.5) is 0 Å². The van der Waals surface area contributed by atoms with Crippen LogP contribution >= 0.6 is 27.3 Å². The van der Waals surface area contributed by atoms with Crippen molar-refractivity contribution in [1.29, 1.82) is 0 Å². The zero-order chi connectivity index (χ0) is 17.9. The molecule has 0 aliphatic heterocycles. The number of halogens is 1. The van der Waals surface area contributed by atoms with Crippen LogP contribution in [0.5, 0.6) is 0 Å². The fraction of sp³-hybridized carbons (Fsp3) is 0.150. The SMILES string of the molecule is Cc1ccc(-c2cnnn2CCc2csc(-c3ccc(Br)cc3)n2)cc1. The topological polar surface area (TPSA) is 43.6 Å². The molecule has 0 unspecified atom stereocenters. The minimum Gasteiger partial charge on any atom is -0.244 e. The van der Waals surface area contributed by atoms with Gasteiger partial charge in [-0.3, -0.25) is 0 Å². The van der Waals surface area contributed by atoms with Crippen LogP contribution in [0.15, 0.2) is 64.6 Å². The molecular formula is C20H17BrN4S. The smallest absolute Gasteiger partial charge is 0.123 e. The van der Waals surface area contributed by atoms with Gasteiger partial charge in [0.05, 0.1) is 17.6 Å². The van der Waals surface area contributed by atoms with Crippen LogP contribution in [0, 0.1) is 6.92 Å². The number of aromatic nitrogens is 4. The van der Waals surface area contributed by atoms with Gasteiger partial charge in [-0.05, 0) is 19.1 Å². The van der Waals surface area contributed by atoms with Crippen LogP contribution in [-0.4, -0.2) is 20.0 Å². The van der Waals surface area contributed by atoms with Crippen molar-refractivity contribution < 1.29 is 0 Å². The Kier molecular flexibility index (Phi) is 4.95. The third-order valence-corrected chi connectivity index (χ3v) is 5.66. The van der Waals surface area contributed by atoms with Gasteiger partial charge in [0, 0.05) is 33.9 Å². The van der Waals surface area contributed by atoms with Gasteiger partial charge < -0.3 is 0 Å². The summed E-state index contributed by atoms with van der Waals surface area (Å²) in [5.41, 5.74) is 5.64. The second kappa shape index (κ2) is 7.51. The third kappa shape index (κ3) is 3.76. The van der Waals surface area contributed by atoms with Crippen LogP contribution in [0.25, 0.3) is 21.8 Å². The van der Waals surface area contributed by atoms with Gasteiger partial charge in [-0.2, -0.15) is 0 Å². The summed E-state index contributed by atoms with van der Waals surface area (Å²) in [5.74, 6) is 0. The molecule has 0 N–H and O–H groups in total. The van der Waals surface area contributed by atoms with Crippen molar-refractivity contribution in [3.63, 3.8) is 0 Å². The molecule has 2 heterocycles. The lowest BCUT2D eigenvalue weighted by atomic mass is 10.1. The molecule has 0 radical (unpaired) electrons. The zero-order valence-electron chi connectivity index (χ0n) is 14.3. The Hall–Kier alpha value is -2.31. The van der Waals surface area contributed by atoms with Crippen molar-refractivity contribution in [2.45, 2.75) is 19.9 Å². The summed E-state index contributed by atoms with van der Waals surface area (Å²) >= 11 is 5.14. The summed E-state index contributed by atoms with van der Waals surface area (Å²) in [6.45, 7) is 2.84. The predicted molar refractivity (Wildman–Crippen MR) is 109 cm³/mol. The molecule has 2 aromatic heterocycles. The first-order valence-electron chi connectivity index (χ1n) is 8.35. The number of hydrogen-bond acceptors (Lipinski definition) is 4. The highest BCUT2D eigenvalue weighted by Gasteiger charge is 2.09. The molecule has 6 heteroatoms. The Morgan fingerprint density at radius 1 is 1.00 bits per heavy atom. The van der Waals surface area contributed by atoms with E-state index in [4.69, 9.17) is 4.98 Å². The van der Waals surface area contributed by atoms with E-state index < -0.39 is 0 Å². The maximum absolute atomic E-state index is 4.77. The van der Waals surface area contributed by atoms with Crippen LogP contribution in [0.3, 0.4) is 0 Å². The summed E-state index contributed by atoms with van der Waals surface area (Å²) in [4.78, 5) is 4.77. The molecule has 0 fully saturated rings. The lowest BCUT2D eigenvalue weighted by Crippen LogP contribution is -2.05. The van der Waals surface area contributed by atoms with Crippen molar-refractivity contribution in [2.75, 3.05) is 0 Å². The average Bonchev–Trinajstić information content (AvgIpc) is 3.30. The minimum absolute atomic E-state index is 0.757. The quantitative estimate of drug-likeness (QED) is 0.431. The van der Waals surface area contributed by atoms with E-state index in [-0.39, 0.29) is 0 Å². The van der Waals surface area contributed by atoms with E-state index in [0.29, 0.717) is 0 Å². The third-order valence-electron chi connectivity index (χ3n) is 4.19. The number of thiazole rings is 1. The van der Waals surface area contributed by atoms with Gasteiger partial charge in [0.2, 0.25) is 0 Å². The largest absolute Gasteiger partial charge is 0.244 e. The number of nitrogens with zero attached hydrogens (tertiary/aromatic N) is 4. The van der Waals surface area contributed by atoms with E-state index in [9.17, 15) is 0 Å². The molecule has 0 saturated heterocycles. The molecule has 0 saturated carbocycles. The van der Waals surface area contributed by atoms with Crippen molar-refractivity contribution in [2.24, 2.45) is 0 Å². The van der Waals surface area contributed by atoms with Gasteiger partial charge in [-0.1, -0.05) is 63.1 Å². The van der Waals surface area contributed by atoms with Gasteiger partial charge in [0.15, 0.2) is 0 Å². The van der Waals surface area contributed by atoms with E-state index in [1.54, 1.807) is 11.3 Å². The molecule has 0 amide bonds. The monoisotopic (exact) mass is 424 g/mol. The van der Waals surface area contributed by atoms with Gasteiger partial charge in [0.1, 0.15) is 5.01 Å². The normalized spacial score (nSPS) is 11.0. The first-order valence-corrected chi connectivity index (χ1v) is 10.0. The van der Waals surface area contributed by atoms with E-state index in [2.05, 4.69) is 74.9 Å². The summed E-state index contributed by atoms with van der Waals surface area (Å²) < 4.78 is 3.02. The maximum Gasteiger partial charge on any atom is 0.123 e. The zero-order valence-corrected chi connectivity index (χ0v) is 16.7. The Labute approximate surface area is 164 Å². The fourth-order valence-corrected chi connectivity index (χ4v) is 3.86. The number of aryl methyl sites for hydroxylation is 3. The number of hydrogen-bond donors (Lipinski definition) is 0. The van der Waals surface area contributed by atoms with Crippen LogP contribution < -0.4 is 0 Å². The molecule has 0 aliphatic rings. The van der Waals surface area contributed by atoms with E-state index in [0.717, 1.165) is 45.0 Å². The van der Waals surface area contributed by atoms with Crippen molar-refractivity contribution in [1.82, 2.24) is 20.0 Å². The van der Waals surface area contributed by atoms with Crippen molar-refractivity contribution >= 4 is 27.3 Å². The Morgan fingerprint density at radius 3 is 2.50 bits per heavy atom. The second-order valence-electron chi connectivity index (χ2n) is 6.11. The molecule has 0 spiro atoms. The molecule has 4 aromatic rings. The van der Waals surface area contributed by atoms with E-state index in [1.165, 1.54) is 5.56 Å². The minimum atomic E-state index is 0.757. The Morgan fingerprint density at radius 2 is 1.73 bits per heavy atom. The van der Waals surface area contributed by atoms with Gasteiger partial charge in [-0.25, -0.2) is 9.67 Å². The van der Waals surface area contributed by atoms with Gasteiger partial charge in [-0.15, -0.1) is 16.4 Å². The Balaban J connectivity index is 1.48. The van der Waals surface area contributed by atoms with Gasteiger partial charge >= 0.3 is 0 Å². The molecule has 4 nitrogen and oxygen atoms in total. The first kappa shape index (κ1) is 17.1. The fourth-order valence-electron chi connectivity index (χ4n) is 2.74. The predicted octanol–water partition coefficient (Wildman–Crippen LogP) is 5.38. The van der Waals surface area contributed by atoms with E-state index >= 15 is 0 Å². The number of rotatable bonds is 5. The molecular weight excluding hydrogens is 408 g/mol. The first-order chi connectivity index (χ1) is 12.7. The van der Waals surface area contributed by atoms with Crippen molar-refractivity contribution in [3.05, 3.63) is 75.8 Å². The lowest BCUT2D eigenvalue weighted by molar-refractivity contribution is 0.590. The molecule has 2 aromatic carbocycles. The summed E-state index contributed by atoms with van der Waals surface area (Å²) in [5, 5.41) is 11.5. The Bertz CT molecular complexity index is 1000. The highest BCUT2D eigenvalue weighted by molar-refractivity contribution is 9.10. The maximum atomic E-state index is 4.77. The molecule has 0 bridgehead atoms. The van der Waals surface area contributed by atoms with Gasteiger partial charge in [0.25, 0.3) is 0 Å².